The summed E-state index contributed by atoms with van der Waals surface area (Å²) >= 11 is 2.15. The Hall–Kier alpha value is 0.310. The minimum absolute atomic E-state index is 0.984. The molecule has 0 atom stereocenters. The fourth-order valence-corrected chi connectivity index (χ4v) is 3.38. The lowest BCUT2D eigenvalue weighted by Gasteiger charge is -2.27. The van der Waals surface area contributed by atoms with Crippen molar-refractivity contribution in [3.63, 3.8) is 0 Å². The lowest BCUT2D eigenvalue weighted by molar-refractivity contribution is 0.225. The van der Waals surface area contributed by atoms with Crippen LogP contribution < -0.4 is 0 Å². The second-order valence-electron chi connectivity index (χ2n) is 4.66. The van der Waals surface area contributed by atoms with Crippen LogP contribution in [0.5, 0.6) is 0 Å². The lowest BCUT2D eigenvalue weighted by Crippen LogP contribution is -2.30. The molecule has 15 heavy (non-hydrogen) atoms. The van der Waals surface area contributed by atoms with E-state index in [1.54, 1.807) is 0 Å². The molecule has 1 fully saturated rings. The molecule has 0 aliphatic carbocycles. The minimum atomic E-state index is 0.984. The summed E-state index contributed by atoms with van der Waals surface area (Å²) < 4.78 is 0. The van der Waals surface area contributed by atoms with E-state index in [0.717, 1.165) is 5.92 Å². The van der Waals surface area contributed by atoms with Crippen LogP contribution in [-0.2, 0) is 0 Å². The first-order chi connectivity index (χ1) is 7.36. The Balaban J connectivity index is 2.26. The van der Waals surface area contributed by atoms with Crippen LogP contribution in [-0.4, -0.2) is 36.0 Å². The van der Waals surface area contributed by atoms with E-state index in [1.165, 1.54) is 63.2 Å². The van der Waals surface area contributed by atoms with E-state index in [0.29, 0.717) is 0 Å². The van der Waals surface area contributed by atoms with Gasteiger partial charge in [0.15, 0.2) is 0 Å². The molecule has 1 saturated heterocycles. The first-order valence-electron chi connectivity index (χ1n) is 6.66. The van der Waals surface area contributed by atoms with Gasteiger partial charge in [0.1, 0.15) is 0 Å². The zero-order valence-electron chi connectivity index (χ0n) is 10.5. The first-order valence-corrected chi connectivity index (χ1v) is 7.82. The summed E-state index contributed by atoms with van der Waals surface area (Å²) in [6.45, 7) is 8.47. The van der Waals surface area contributed by atoms with Crippen molar-refractivity contribution in [3.05, 3.63) is 0 Å². The molecule has 1 heterocycles. The summed E-state index contributed by atoms with van der Waals surface area (Å²) in [5.74, 6) is 3.78. The van der Waals surface area contributed by atoms with Gasteiger partial charge in [-0.05, 0) is 62.6 Å². The molecule has 1 rings (SSSR count). The van der Waals surface area contributed by atoms with E-state index in [2.05, 4.69) is 30.5 Å². The summed E-state index contributed by atoms with van der Waals surface area (Å²) in [6.07, 6.45) is 7.12. The molecule has 0 aromatic heterocycles. The predicted octanol–water partition coefficient (Wildman–Crippen LogP) is 3.64. The van der Waals surface area contributed by atoms with Gasteiger partial charge >= 0.3 is 0 Å². The van der Waals surface area contributed by atoms with Crippen LogP contribution >= 0.6 is 11.8 Å². The zero-order valence-corrected chi connectivity index (χ0v) is 11.3. The molecule has 0 unspecified atom stereocenters. The second-order valence-corrected chi connectivity index (χ2v) is 5.88. The molecule has 2 heteroatoms. The Morgan fingerprint density at radius 3 is 2.33 bits per heavy atom. The van der Waals surface area contributed by atoms with Gasteiger partial charge in [0.05, 0.1) is 0 Å². The predicted molar refractivity (Wildman–Crippen MR) is 71.7 cm³/mol. The van der Waals surface area contributed by atoms with E-state index in [9.17, 15) is 0 Å². The van der Waals surface area contributed by atoms with Crippen molar-refractivity contribution in [2.24, 2.45) is 5.92 Å². The molecule has 90 valence electrons. The van der Waals surface area contributed by atoms with Crippen molar-refractivity contribution in [1.29, 1.82) is 0 Å². The standard InChI is InChI=1S/C13H27NS/c1-3-9-14(4-2)12-13-7-5-10-15-11-6-8-13/h13H,3-12H2,1-2H3. The molecular formula is C13H27NS. The number of hydrogen-bond acceptors (Lipinski definition) is 2. The number of thioether (sulfide) groups is 1. The highest BCUT2D eigenvalue weighted by molar-refractivity contribution is 7.99. The number of nitrogens with zero attached hydrogens (tertiary/aromatic N) is 1. The van der Waals surface area contributed by atoms with Crippen LogP contribution in [0.4, 0.5) is 0 Å². The maximum atomic E-state index is 2.64. The van der Waals surface area contributed by atoms with Crippen LogP contribution in [0.15, 0.2) is 0 Å². The molecule has 0 bridgehead atoms. The molecule has 0 spiro atoms. The Morgan fingerprint density at radius 1 is 1.13 bits per heavy atom. The SMILES string of the molecule is CCCN(CC)CC1CCCSCCC1. The van der Waals surface area contributed by atoms with Crippen LogP contribution in [0.3, 0.4) is 0 Å². The van der Waals surface area contributed by atoms with Crippen LogP contribution in [0, 0.1) is 5.92 Å². The molecule has 1 aliphatic rings. The van der Waals surface area contributed by atoms with E-state index >= 15 is 0 Å². The zero-order chi connectivity index (χ0) is 10.9. The Bertz CT molecular complexity index is 141. The Morgan fingerprint density at radius 2 is 1.80 bits per heavy atom. The molecule has 0 N–H and O–H groups in total. The van der Waals surface area contributed by atoms with E-state index in [1.807, 2.05) is 0 Å². The Kier molecular flexibility index (Phi) is 7.54. The first kappa shape index (κ1) is 13.4. The van der Waals surface area contributed by atoms with E-state index < -0.39 is 0 Å². The van der Waals surface area contributed by atoms with Crippen molar-refractivity contribution in [2.75, 3.05) is 31.1 Å². The van der Waals surface area contributed by atoms with E-state index in [4.69, 9.17) is 0 Å². The highest BCUT2D eigenvalue weighted by atomic mass is 32.2. The van der Waals surface area contributed by atoms with Crippen LogP contribution in [0.1, 0.15) is 46.0 Å². The number of rotatable bonds is 5. The maximum absolute atomic E-state index is 2.64. The summed E-state index contributed by atoms with van der Waals surface area (Å²) in [5.41, 5.74) is 0. The third-order valence-electron chi connectivity index (χ3n) is 3.31. The highest BCUT2D eigenvalue weighted by Gasteiger charge is 2.14. The van der Waals surface area contributed by atoms with Gasteiger partial charge in [-0.3, -0.25) is 0 Å². The summed E-state index contributed by atoms with van der Waals surface area (Å²) in [5, 5.41) is 0. The molecule has 0 aromatic carbocycles. The topological polar surface area (TPSA) is 3.24 Å². The largest absolute Gasteiger partial charge is 0.303 e. The van der Waals surface area contributed by atoms with Crippen molar-refractivity contribution < 1.29 is 0 Å². The van der Waals surface area contributed by atoms with Crippen molar-refractivity contribution in [1.82, 2.24) is 4.90 Å². The molecule has 0 amide bonds. The summed E-state index contributed by atoms with van der Waals surface area (Å²) in [4.78, 5) is 2.64. The van der Waals surface area contributed by atoms with Crippen LogP contribution in [0.2, 0.25) is 0 Å². The Labute approximate surface area is 100.0 Å². The quantitative estimate of drug-likeness (QED) is 0.708. The summed E-state index contributed by atoms with van der Waals surface area (Å²) in [7, 11) is 0. The highest BCUT2D eigenvalue weighted by Crippen LogP contribution is 2.22. The molecule has 0 radical (unpaired) electrons. The fraction of sp³-hybridized carbons (Fsp3) is 1.00. The van der Waals surface area contributed by atoms with Gasteiger partial charge in [0.2, 0.25) is 0 Å². The maximum Gasteiger partial charge on any atom is 0.000955 e. The van der Waals surface area contributed by atoms with Gasteiger partial charge in [-0.1, -0.05) is 13.8 Å². The second kappa shape index (κ2) is 8.46. The van der Waals surface area contributed by atoms with Gasteiger partial charge in [-0.15, -0.1) is 0 Å². The van der Waals surface area contributed by atoms with Gasteiger partial charge < -0.3 is 4.90 Å². The van der Waals surface area contributed by atoms with Gasteiger partial charge in [0.25, 0.3) is 0 Å². The fourth-order valence-electron chi connectivity index (χ4n) is 2.44. The molecule has 0 aromatic rings. The summed E-state index contributed by atoms with van der Waals surface area (Å²) in [6, 6.07) is 0. The van der Waals surface area contributed by atoms with Crippen molar-refractivity contribution >= 4 is 11.8 Å². The lowest BCUT2D eigenvalue weighted by atomic mass is 9.97. The van der Waals surface area contributed by atoms with Gasteiger partial charge in [0, 0.05) is 6.54 Å². The smallest absolute Gasteiger partial charge is 0.000955 e. The molecular weight excluding hydrogens is 202 g/mol. The van der Waals surface area contributed by atoms with Gasteiger partial charge in [-0.2, -0.15) is 11.8 Å². The normalized spacial score (nSPS) is 20.2. The van der Waals surface area contributed by atoms with Gasteiger partial charge in [-0.25, -0.2) is 0 Å². The monoisotopic (exact) mass is 229 g/mol. The third-order valence-corrected chi connectivity index (χ3v) is 4.46. The van der Waals surface area contributed by atoms with Crippen molar-refractivity contribution in [2.45, 2.75) is 46.0 Å². The molecule has 1 nitrogen and oxygen atoms in total. The van der Waals surface area contributed by atoms with E-state index in [-0.39, 0.29) is 0 Å². The van der Waals surface area contributed by atoms with Crippen molar-refractivity contribution in [3.8, 4) is 0 Å². The van der Waals surface area contributed by atoms with Crippen LogP contribution in [0.25, 0.3) is 0 Å². The molecule has 0 saturated carbocycles. The third kappa shape index (κ3) is 5.82. The average Bonchev–Trinajstić information content (AvgIpc) is 2.20. The number of hydrogen-bond donors (Lipinski definition) is 0. The minimum Gasteiger partial charge on any atom is -0.303 e. The average molecular weight is 229 g/mol. The molecule has 1 aliphatic heterocycles.